The van der Waals surface area contributed by atoms with E-state index in [1.807, 2.05) is 6.07 Å². The molecular weight excluding hydrogens is 322 g/mol. The zero-order valence-corrected chi connectivity index (χ0v) is 13.3. The van der Waals surface area contributed by atoms with Gasteiger partial charge in [-0.25, -0.2) is 4.79 Å². The summed E-state index contributed by atoms with van der Waals surface area (Å²) in [4.78, 5) is 35.4. The minimum Gasteiger partial charge on any atom is -0.480 e. The summed E-state index contributed by atoms with van der Waals surface area (Å²) in [5.74, 6) is -1.61. The quantitative estimate of drug-likeness (QED) is 0.638. The number of carboxylic acids is 1. The van der Waals surface area contributed by atoms with Gasteiger partial charge in [-0.15, -0.1) is 0 Å². The number of nitrogens with one attached hydrogen (secondary N) is 1. The second-order valence-corrected chi connectivity index (χ2v) is 5.83. The van der Waals surface area contributed by atoms with Crippen LogP contribution in [0.3, 0.4) is 0 Å². The number of carbonyl (C=O) groups is 3. The predicted molar refractivity (Wildman–Crippen MR) is 89.6 cm³/mol. The van der Waals surface area contributed by atoms with Crippen molar-refractivity contribution in [1.29, 1.82) is 0 Å². The van der Waals surface area contributed by atoms with Gasteiger partial charge in [-0.2, -0.15) is 0 Å². The SMILES string of the molecule is O=C(O[C@@H]1CN[C@H](C(=O)O)C1)c1ccc(C(=O)c2ccccc2)cc1. The van der Waals surface area contributed by atoms with Crippen molar-refractivity contribution in [2.24, 2.45) is 0 Å². The first-order valence-electron chi connectivity index (χ1n) is 7.91. The lowest BCUT2D eigenvalue weighted by Crippen LogP contribution is -2.30. The van der Waals surface area contributed by atoms with Crippen LogP contribution >= 0.6 is 0 Å². The summed E-state index contributed by atoms with van der Waals surface area (Å²) >= 11 is 0. The molecule has 1 saturated heterocycles. The molecule has 1 aliphatic heterocycles. The number of aliphatic carboxylic acids is 1. The van der Waals surface area contributed by atoms with Crippen LogP contribution in [0.2, 0.25) is 0 Å². The molecule has 25 heavy (non-hydrogen) atoms. The Hall–Kier alpha value is -2.99. The van der Waals surface area contributed by atoms with Gasteiger partial charge in [0.25, 0.3) is 0 Å². The van der Waals surface area contributed by atoms with Crippen molar-refractivity contribution >= 4 is 17.7 Å². The Balaban J connectivity index is 1.63. The van der Waals surface area contributed by atoms with Crippen molar-refractivity contribution in [2.75, 3.05) is 6.54 Å². The van der Waals surface area contributed by atoms with Gasteiger partial charge >= 0.3 is 11.9 Å². The molecule has 1 fully saturated rings. The topological polar surface area (TPSA) is 92.7 Å². The number of esters is 1. The summed E-state index contributed by atoms with van der Waals surface area (Å²) < 4.78 is 5.31. The molecule has 0 bridgehead atoms. The van der Waals surface area contributed by atoms with Crippen LogP contribution in [-0.4, -0.2) is 41.5 Å². The number of carboxylic acid groups (broad SMARTS) is 1. The highest BCUT2D eigenvalue weighted by Crippen LogP contribution is 2.15. The monoisotopic (exact) mass is 339 g/mol. The molecule has 0 unspecified atom stereocenters. The van der Waals surface area contributed by atoms with E-state index in [1.54, 1.807) is 36.4 Å². The normalized spacial score (nSPS) is 19.4. The van der Waals surface area contributed by atoms with Crippen molar-refractivity contribution in [3.05, 3.63) is 71.3 Å². The van der Waals surface area contributed by atoms with Gasteiger partial charge in [0.1, 0.15) is 12.1 Å². The summed E-state index contributed by atoms with van der Waals surface area (Å²) in [7, 11) is 0. The van der Waals surface area contributed by atoms with E-state index in [9.17, 15) is 14.4 Å². The molecule has 2 N–H and O–H groups in total. The van der Waals surface area contributed by atoms with Crippen LogP contribution < -0.4 is 5.32 Å². The summed E-state index contributed by atoms with van der Waals surface area (Å²) in [5.41, 5.74) is 1.38. The second-order valence-electron chi connectivity index (χ2n) is 5.83. The lowest BCUT2D eigenvalue weighted by molar-refractivity contribution is -0.139. The van der Waals surface area contributed by atoms with Gasteiger partial charge in [-0.1, -0.05) is 42.5 Å². The number of rotatable bonds is 5. The van der Waals surface area contributed by atoms with Gasteiger partial charge in [-0.3, -0.25) is 9.59 Å². The Morgan fingerprint density at radius 1 is 0.920 bits per heavy atom. The number of hydrogen-bond donors (Lipinski definition) is 2. The highest BCUT2D eigenvalue weighted by Gasteiger charge is 2.31. The highest BCUT2D eigenvalue weighted by molar-refractivity contribution is 6.09. The molecule has 2 aromatic rings. The first-order chi connectivity index (χ1) is 12.0. The second kappa shape index (κ2) is 7.27. The Labute approximate surface area is 144 Å². The summed E-state index contributed by atoms with van der Waals surface area (Å²) in [6.45, 7) is 0.313. The maximum Gasteiger partial charge on any atom is 0.338 e. The van der Waals surface area contributed by atoms with E-state index in [4.69, 9.17) is 9.84 Å². The van der Waals surface area contributed by atoms with Gasteiger partial charge < -0.3 is 15.2 Å². The van der Waals surface area contributed by atoms with Gasteiger partial charge in [0.05, 0.1) is 5.56 Å². The maximum absolute atomic E-state index is 12.3. The molecule has 1 aliphatic rings. The van der Waals surface area contributed by atoms with Crippen LogP contribution in [0, 0.1) is 0 Å². The fraction of sp³-hybridized carbons (Fsp3) is 0.211. The molecule has 128 valence electrons. The molecule has 0 aromatic heterocycles. The number of benzene rings is 2. The summed E-state index contributed by atoms with van der Waals surface area (Å²) in [6.07, 6.45) is -0.231. The minimum absolute atomic E-state index is 0.121. The van der Waals surface area contributed by atoms with Crippen molar-refractivity contribution in [3.63, 3.8) is 0 Å². The fourth-order valence-electron chi connectivity index (χ4n) is 2.71. The molecular formula is C19H17NO5. The standard InChI is InChI=1S/C19H17NO5/c21-17(12-4-2-1-3-5-12)13-6-8-14(9-7-13)19(24)25-15-10-16(18(22)23)20-11-15/h1-9,15-16,20H,10-11H2,(H,22,23)/t15-,16-/m0/s1. The first kappa shape index (κ1) is 16.9. The molecule has 0 aliphatic carbocycles. The smallest absolute Gasteiger partial charge is 0.338 e. The van der Waals surface area contributed by atoms with E-state index in [0.717, 1.165) is 0 Å². The third kappa shape index (κ3) is 3.92. The van der Waals surface area contributed by atoms with Crippen molar-refractivity contribution in [1.82, 2.24) is 5.32 Å². The molecule has 6 heteroatoms. The number of ketones is 1. The zero-order valence-electron chi connectivity index (χ0n) is 13.3. The molecule has 2 atom stereocenters. The van der Waals surface area contributed by atoms with Crippen LogP contribution in [0.1, 0.15) is 32.7 Å². The van der Waals surface area contributed by atoms with E-state index in [1.165, 1.54) is 12.1 Å². The van der Waals surface area contributed by atoms with Crippen LogP contribution in [0.5, 0.6) is 0 Å². The molecule has 2 aromatic carbocycles. The zero-order chi connectivity index (χ0) is 17.8. The summed E-state index contributed by atoms with van der Waals surface area (Å²) in [5, 5.41) is 11.7. The van der Waals surface area contributed by atoms with Crippen LogP contribution in [0.4, 0.5) is 0 Å². The Morgan fingerprint density at radius 2 is 1.52 bits per heavy atom. The molecule has 0 radical (unpaired) electrons. The summed E-state index contributed by atoms with van der Waals surface area (Å²) in [6, 6.07) is 14.4. The Bertz CT molecular complexity index is 785. The molecule has 0 spiro atoms. The molecule has 0 saturated carbocycles. The van der Waals surface area contributed by atoms with E-state index in [0.29, 0.717) is 23.2 Å². The van der Waals surface area contributed by atoms with E-state index in [-0.39, 0.29) is 12.2 Å². The van der Waals surface area contributed by atoms with E-state index < -0.39 is 24.1 Å². The average molecular weight is 339 g/mol. The molecule has 1 heterocycles. The lowest BCUT2D eigenvalue weighted by atomic mass is 10.0. The minimum atomic E-state index is -0.956. The predicted octanol–water partition coefficient (Wildman–Crippen LogP) is 1.89. The van der Waals surface area contributed by atoms with E-state index >= 15 is 0 Å². The van der Waals surface area contributed by atoms with Gasteiger partial charge in [0.15, 0.2) is 5.78 Å². The largest absolute Gasteiger partial charge is 0.480 e. The Morgan fingerprint density at radius 3 is 2.12 bits per heavy atom. The average Bonchev–Trinajstić information content (AvgIpc) is 3.11. The van der Waals surface area contributed by atoms with Crippen LogP contribution in [0.15, 0.2) is 54.6 Å². The third-order valence-corrected chi connectivity index (χ3v) is 4.08. The molecule has 3 rings (SSSR count). The number of hydrogen-bond acceptors (Lipinski definition) is 5. The maximum atomic E-state index is 12.3. The fourth-order valence-corrected chi connectivity index (χ4v) is 2.71. The number of ether oxygens (including phenoxy) is 1. The van der Waals surface area contributed by atoms with Crippen molar-refractivity contribution < 1.29 is 24.2 Å². The van der Waals surface area contributed by atoms with Crippen molar-refractivity contribution in [2.45, 2.75) is 18.6 Å². The van der Waals surface area contributed by atoms with Gasteiger partial charge in [-0.05, 0) is 12.1 Å². The highest BCUT2D eigenvalue weighted by atomic mass is 16.5. The number of carbonyl (C=O) groups excluding carboxylic acids is 2. The van der Waals surface area contributed by atoms with Gasteiger partial charge in [0.2, 0.25) is 0 Å². The Kier molecular flexibility index (Phi) is 4.90. The molecule has 6 nitrogen and oxygen atoms in total. The van der Waals surface area contributed by atoms with Crippen LogP contribution in [-0.2, 0) is 9.53 Å². The van der Waals surface area contributed by atoms with Gasteiger partial charge in [0, 0.05) is 24.1 Å². The van der Waals surface area contributed by atoms with Crippen molar-refractivity contribution in [3.8, 4) is 0 Å². The first-order valence-corrected chi connectivity index (χ1v) is 7.91. The molecule has 0 amide bonds. The van der Waals surface area contributed by atoms with Crippen LogP contribution in [0.25, 0.3) is 0 Å². The van der Waals surface area contributed by atoms with E-state index in [2.05, 4.69) is 5.32 Å². The lowest BCUT2D eigenvalue weighted by Gasteiger charge is -2.11. The third-order valence-electron chi connectivity index (χ3n) is 4.08.